The van der Waals surface area contributed by atoms with E-state index >= 15 is 0 Å². The number of anilines is 2. The Balaban J connectivity index is 1.44. The van der Waals surface area contributed by atoms with Gasteiger partial charge < -0.3 is 16.4 Å². The smallest absolute Gasteiger partial charge is 0.260 e. The predicted octanol–water partition coefficient (Wildman–Crippen LogP) is 2.81. The van der Waals surface area contributed by atoms with Crippen molar-refractivity contribution >= 4 is 44.9 Å². The second kappa shape index (κ2) is 8.00. The molecule has 2 aromatic heterocycles. The number of carbonyl (C=O) groups excluding carboxylic acids is 1. The highest BCUT2D eigenvalue weighted by molar-refractivity contribution is 7.21. The minimum Gasteiger partial charge on any atom is -0.397 e. The molecule has 0 unspecified atom stereocenters. The van der Waals surface area contributed by atoms with Crippen molar-refractivity contribution in [2.45, 2.75) is 0 Å². The van der Waals surface area contributed by atoms with E-state index in [9.17, 15) is 4.79 Å². The molecule has 1 saturated heterocycles. The zero-order chi connectivity index (χ0) is 19.5. The second-order valence-corrected chi connectivity index (χ2v) is 7.82. The van der Waals surface area contributed by atoms with E-state index in [2.05, 4.69) is 39.1 Å². The summed E-state index contributed by atoms with van der Waals surface area (Å²) >= 11 is 1.26. The van der Waals surface area contributed by atoms with Crippen LogP contribution in [0.3, 0.4) is 0 Å². The van der Waals surface area contributed by atoms with Crippen LogP contribution in [0.5, 0.6) is 0 Å². The van der Waals surface area contributed by atoms with E-state index in [1.165, 1.54) is 16.9 Å². The molecular weight excluding hydrogens is 370 g/mol. The van der Waals surface area contributed by atoms with Gasteiger partial charge in [0.05, 0.1) is 16.8 Å². The van der Waals surface area contributed by atoms with Gasteiger partial charge in [-0.25, -0.2) is 4.98 Å². The molecule has 1 aliphatic heterocycles. The number of hydrogen-bond acceptors (Lipinski definition) is 6. The number of thiophene rings is 1. The van der Waals surface area contributed by atoms with Crippen LogP contribution in [0.1, 0.15) is 15.2 Å². The standard InChI is InChI=1S/C21H23N5OS/c22-18-17-16(8-9-24-21(17)28-19(18)20(23)27)26-13-11-25(12-14-26)10-4-7-15-5-2-1-3-6-15/h1-9H,10-14,22H2,(H2,23,27). The van der Waals surface area contributed by atoms with Gasteiger partial charge in [0, 0.05) is 38.9 Å². The van der Waals surface area contributed by atoms with Crippen LogP contribution in [0.2, 0.25) is 0 Å². The fourth-order valence-corrected chi connectivity index (χ4v) is 4.48. The van der Waals surface area contributed by atoms with E-state index in [0.29, 0.717) is 10.6 Å². The third kappa shape index (κ3) is 3.72. The number of rotatable bonds is 5. The summed E-state index contributed by atoms with van der Waals surface area (Å²) in [5.41, 5.74) is 14.4. The van der Waals surface area contributed by atoms with Crippen LogP contribution >= 0.6 is 11.3 Å². The maximum Gasteiger partial charge on any atom is 0.260 e. The number of aromatic nitrogens is 1. The first-order valence-electron chi connectivity index (χ1n) is 9.29. The van der Waals surface area contributed by atoms with Crippen LogP contribution in [0, 0.1) is 0 Å². The van der Waals surface area contributed by atoms with Gasteiger partial charge in [0.1, 0.15) is 9.71 Å². The number of amides is 1. The molecule has 0 spiro atoms. The molecule has 3 heterocycles. The molecule has 0 atom stereocenters. The lowest BCUT2D eigenvalue weighted by Gasteiger charge is -2.36. The molecule has 0 bridgehead atoms. The average molecular weight is 394 g/mol. The highest BCUT2D eigenvalue weighted by Gasteiger charge is 2.22. The number of hydrogen-bond donors (Lipinski definition) is 2. The van der Waals surface area contributed by atoms with Gasteiger partial charge in [0.25, 0.3) is 5.91 Å². The predicted molar refractivity (Wildman–Crippen MR) is 117 cm³/mol. The van der Waals surface area contributed by atoms with Crippen molar-refractivity contribution in [1.82, 2.24) is 9.88 Å². The van der Waals surface area contributed by atoms with Crippen molar-refractivity contribution in [1.29, 1.82) is 0 Å². The van der Waals surface area contributed by atoms with E-state index in [1.807, 2.05) is 24.3 Å². The van der Waals surface area contributed by atoms with E-state index < -0.39 is 5.91 Å². The second-order valence-electron chi connectivity index (χ2n) is 6.82. The van der Waals surface area contributed by atoms with Gasteiger partial charge in [-0.15, -0.1) is 11.3 Å². The van der Waals surface area contributed by atoms with Gasteiger partial charge in [-0.1, -0.05) is 42.5 Å². The summed E-state index contributed by atoms with van der Waals surface area (Å²) in [6, 6.07) is 12.3. The molecule has 0 aliphatic carbocycles. The van der Waals surface area contributed by atoms with Crippen LogP contribution in [0.25, 0.3) is 16.3 Å². The molecule has 1 aliphatic rings. The first kappa shape index (κ1) is 18.5. The molecule has 3 aromatic rings. The van der Waals surface area contributed by atoms with Crippen LogP contribution < -0.4 is 16.4 Å². The van der Waals surface area contributed by atoms with Crippen LogP contribution in [0.4, 0.5) is 11.4 Å². The van der Waals surface area contributed by atoms with Crippen LogP contribution in [0.15, 0.2) is 48.7 Å². The lowest BCUT2D eigenvalue weighted by molar-refractivity contribution is 0.100. The number of fused-ring (bicyclic) bond motifs is 1. The van der Waals surface area contributed by atoms with Gasteiger partial charge in [0.15, 0.2) is 0 Å². The summed E-state index contributed by atoms with van der Waals surface area (Å²) in [7, 11) is 0. The highest BCUT2D eigenvalue weighted by Crippen LogP contribution is 2.38. The maximum absolute atomic E-state index is 11.6. The number of primary amides is 1. The van der Waals surface area contributed by atoms with Crippen molar-refractivity contribution < 1.29 is 4.79 Å². The lowest BCUT2D eigenvalue weighted by atomic mass is 10.2. The Morgan fingerprint density at radius 2 is 1.89 bits per heavy atom. The Morgan fingerprint density at radius 1 is 1.14 bits per heavy atom. The van der Waals surface area contributed by atoms with Crippen molar-refractivity contribution in [2.75, 3.05) is 43.4 Å². The third-order valence-corrected chi connectivity index (χ3v) is 6.15. The molecule has 0 radical (unpaired) electrons. The zero-order valence-electron chi connectivity index (χ0n) is 15.5. The maximum atomic E-state index is 11.6. The summed E-state index contributed by atoms with van der Waals surface area (Å²) in [5.74, 6) is -0.499. The molecule has 0 saturated carbocycles. The Labute approximate surface area is 168 Å². The summed E-state index contributed by atoms with van der Waals surface area (Å²) in [5, 5.41) is 0.846. The zero-order valence-corrected chi connectivity index (χ0v) is 16.4. The van der Waals surface area contributed by atoms with Gasteiger partial charge in [-0.3, -0.25) is 9.69 Å². The Hall–Kier alpha value is -2.90. The number of nitrogens with zero attached hydrogens (tertiary/aromatic N) is 3. The van der Waals surface area contributed by atoms with Gasteiger partial charge >= 0.3 is 0 Å². The largest absolute Gasteiger partial charge is 0.397 e. The number of pyridine rings is 1. The van der Waals surface area contributed by atoms with Gasteiger partial charge in [-0.2, -0.15) is 0 Å². The molecule has 4 rings (SSSR count). The topological polar surface area (TPSA) is 88.5 Å². The Morgan fingerprint density at radius 3 is 2.61 bits per heavy atom. The first-order valence-corrected chi connectivity index (χ1v) is 10.1. The number of nitrogens with two attached hydrogens (primary N) is 2. The van der Waals surface area contributed by atoms with Crippen LogP contribution in [-0.2, 0) is 0 Å². The SMILES string of the molecule is NC(=O)c1sc2nccc(N3CCN(CC=Cc4ccccc4)CC3)c2c1N. The number of piperazine rings is 1. The number of benzene rings is 1. The average Bonchev–Trinajstić information content (AvgIpc) is 3.07. The molecule has 6 nitrogen and oxygen atoms in total. The van der Waals surface area contributed by atoms with E-state index in [4.69, 9.17) is 11.5 Å². The van der Waals surface area contributed by atoms with Crippen molar-refractivity contribution in [3.8, 4) is 0 Å². The molecule has 7 heteroatoms. The quantitative estimate of drug-likeness (QED) is 0.696. The van der Waals surface area contributed by atoms with E-state index in [0.717, 1.165) is 48.6 Å². The minimum absolute atomic E-state index is 0.389. The molecule has 4 N–H and O–H groups in total. The first-order chi connectivity index (χ1) is 13.6. The van der Waals surface area contributed by atoms with Crippen LogP contribution in [-0.4, -0.2) is 48.5 Å². The number of carbonyl (C=O) groups is 1. The lowest BCUT2D eigenvalue weighted by Crippen LogP contribution is -2.46. The normalized spacial score (nSPS) is 15.5. The van der Waals surface area contributed by atoms with E-state index in [1.54, 1.807) is 6.20 Å². The van der Waals surface area contributed by atoms with E-state index in [-0.39, 0.29) is 0 Å². The summed E-state index contributed by atoms with van der Waals surface area (Å²) in [4.78, 5) is 21.9. The minimum atomic E-state index is -0.499. The van der Waals surface area contributed by atoms with Crippen molar-refractivity contribution in [2.24, 2.45) is 5.73 Å². The molecule has 1 fully saturated rings. The highest BCUT2D eigenvalue weighted by atomic mass is 32.1. The fourth-order valence-electron chi connectivity index (χ4n) is 3.55. The Bertz CT molecular complexity index is 1010. The van der Waals surface area contributed by atoms with Gasteiger partial charge in [0.2, 0.25) is 0 Å². The van der Waals surface area contributed by atoms with Gasteiger partial charge in [-0.05, 0) is 11.6 Å². The molecular formula is C21H23N5OS. The summed E-state index contributed by atoms with van der Waals surface area (Å²) in [6.45, 7) is 4.67. The van der Waals surface area contributed by atoms with Crippen molar-refractivity contribution in [3.63, 3.8) is 0 Å². The fraction of sp³-hybridized carbons (Fsp3) is 0.238. The number of nitrogen functional groups attached to an aromatic ring is 1. The molecule has 1 amide bonds. The molecule has 1 aromatic carbocycles. The molecule has 28 heavy (non-hydrogen) atoms. The van der Waals surface area contributed by atoms with Crippen molar-refractivity contribution in [3.05, 3.63) is 59.1 Å². The summed E-state index contributed by atoms with van der Waals surface area (Å²) < 4.78 is 0. The Kier molecular flexibility index (Phi) is 5.27. The third-order valence-electron chi connectivity index (χ3n) is 5.02. The summed E-state index contributed by atoms with van der Waals surface area (Å²) in [6.07, 6.45) is 6.15. The monoisotopic (exact) mass is 393 g/mol. The molecule has 144 valence electrons.